The summed E-state index contributed by atoms with van der Waals surface area (Å²) in [5, 5.41) is 3.17. The van der Waals surface area contributed by atoms with Gasteiger partial charge in [0.1, 0.15) is 0 Å². The van der Waals surface area contributed by atoms with Crippen molar-refractivity contribution < 1.29 is 8.42 Å². The molecule has 0 radical (unpaired) electrons. The summed E-state index contributed by atoms with van der Waals surface area (Å²) in [6.07, 6.45) is 3.05. The second kappa shape index (κ2) is 7.33. The smallest absolute Gasteiger partial charge is 0.232 e. The largest absolute Gasteiger partial charge is 0.317 e. The van der Waals surface area contributed by atoms with Crippen molar-refractivity contribution in [2.75, 3.05) is 23.6 Å². The van der Waals surface area contributed by atoms with E-state index in [1.54, 1.807) is 12.1 Å². The lowest BCUT2D eigenvalue weighted by atomic mass is 10.3. The molecule has 0 atom stereocenters. The Balaban J connectivity index is 2.37. The van der Waals surface area contributed by atoms with Crippen LogP contribution in [0, 0.1) is 6.92 Å². The van der Waals surface area contributed by atoms with Gasteiger partial charge < -0.3 is 5.32 Å². The number of nitrogens with zero attached hydrogens (tertiary/aromatic N) is 1. The molecule has 0 fully saturated rings. The zero-order valence-corrected chi connectivity index (χ0v) is 11.8. The third kappa shape index (κ3) is 5.97. The first-order valence-corrected chi connectivity index (χ1v) is 7.82. The van der Waals surface area contributed by atoms with Crippen LogP contribution >= 0.6 is 0 Å². The molecule has 0 bridgehead atoms. The highest BCUT2D eigenvalue weighted by molar-refractivity contribution is 7.92. The van der Waals surface area contributed by atoms with Crippen molar-refractivity contribution in [3.05, 3.63) is 24.0 Å². The lowest BCUT2D eigenvalue weighted by molar-refractivity contribution is 0.593. The second-order valence-corrected chi connectivity index (χ2v) is 6.01. The molecule has 1 aromatic rings. The van der Waals surface area contributed by atoms with Crippen LogP contribution in [-0.4, -0.2) is 32.2 Å². The number of aryl methyl sites for hydroxylation is 1. The van der Waals surface area contributed by atoms with Crippen LogP contribution < -0.4 is 10.0 Å². The van der Waals surface area contributed by atoms with Crippen LogP contribution in [-0.2, 0) is 10.0 Å². The van der Waals surface area contributed by atoms with Gasteiger partial charge in [-0.05, 0) is 45.0 Å². The van der Waals surface area contributed by atoms with Crippen LogP contribution in [0.5, 0.6) is 0 Å². The zero-order valence-electron chi connectivity index (χ0n) is 10.9. The SMILES string of the molecule is CCNCCCCS(=O)(=O)Nc1ccc(C)nc1. The van der Waals surface area contributed by atoms with E-state index < -0.39 is 10.0 Å². The molecule has 6 heteroatoms. The summed E-state index contributed by atoms with van der Waals surface area (Å²) in [6.45, 7) is 5.67. The van der Waals surface area contributed by atoms with E-state index in [1.165, 1.54) is 6.20 Å². The van der Waals surface area contributed by atoms with Crippen molar-refractivity contribution in [3.63, 3.8) is 0 Å². The summed E-state index contributed by atoms with van der Waals surface area (Å²) in [6, 6.07) is 3.50. The highest BCUT2D eigenvalue weighted by Crippen LogP contribution is 2.09. The van der Waals surface area contributed by atoms with E-state index in [9.17, 15) is 8.42 Å². The molecule has 0 aliphatic heterocycles. The Kier molecular flexibility index (Phi) is 6.07. The molecular weight excluding hydrogens is 250 g/mol. The molecule has 18 heavy (non-hydrogen) atoms. The van der Waals surface area contributed by atoms with E-state index in [4.69, 9.17) is 0 Å². The minimum Gasteiger partial charge on any atom is -0.317 e. The van der Waals surface area contributed by atoms with Crippen LogP contribution in [0.4, 0.5) is 5.69 Å². The quantitative estimate of drug-likeness (QED) is 0.703. The molecule has 0 unspecified atom stereocenters. The Morgan fingerprint density at radius 1 is 1.28 bits per heavy atom. The second-order valence-electron chi connectivity index (χ2n) is 4.17. The molecule has 0 aromatic carbocycles. The summed E-state index contributed by atoms with van der Waals surface area (Å²) in [5.74, 6) is 0.145. The number of anilines is 1. The van der Waals surface area contributed by atoms with Gasteiger partial charge in [-0.15, -0.1) is 0 Å². The van der Waals surface area contributed by atoms with Gasteiger partial charge in [-0.2, -0.15) is 0 Å². The van der Waals surface area contributed by atoms with Gasteiger partial charge in [0.05, 0.1) is 17.6 Å². The molecule has 0 spiro atoms. The van der Waals surface area contributed by atoms with E-state index >= 15 is 0 Å². The molecule has 1 rings (SSSR count). The molecule has 0 saturated carbocycles. The summed E-state index contributed by atoms with van der Waals surface area (Å²) in [4.78, 5) is 4.05. The van der Waals surface area contributed by atoms with Gasteiger partial charge in [-0.1, -0.05) is 6.92 Å². The first-order valence-electron chi connectivity index (χ1n) is 6.17. The van der Waals surface area contributed by atoms with Crippen LogP contribution in [0.25, 0.3) is 0 Å². The van der Waals surface area contributed by atoms with Gasteiger partial charge in [0.15, 0.2) is 0 Å². The molecule has 0 amide bonds. The fourth-order valence-electron chi connectivity index (χ4n) is 1.48. The van der Waals surface area contributed by atoms with Crippen molar-refractivity contribution in [1.82, 2.24) is 10.3 Å². The zero-order chi connectivity index (χ0) is 13.4. The van der Waals surface area contributed by atoms with Crippen LogP contribution in [0.1, 0.15) is 25.5 Å². The number of hydrogen-bond donors (Lipinski definition) is 2. The van der Waals surface area contributed by atoms with Crippen molar-refractivity contribution in [2.45, 2.75) is 26.7 Å². The Bertz CT molecular complexity index is 443. The highest BCUT2D eigenvalue weighted by atomic mass is 32.2. The summed E-state index contributed by atoms with van der Waals surface area (Å²) >= 11 is 0. The summed E-state index contributed by atoms with van der Waals surface area (Å²) in [5.41, 5.74) is 1.39. The molecular formula is C12H21N3O2S. The maximum absolute atomic E-state index is 11.8. The molecule has 1 heterocycles. The Morgan fingerprint density at radius 2 is 2.06 bits per heavy atom. The minimum atomic E-state index is -3.25. The van der Waals surface area contributed by atoms with Gasteiger partial charge in [0, 0.05) is 5.69 Å². The van der Waals surface area contributed by atoms with E-state index in [2.05, 4.69) is 15.0 Å². The maximum Gasteiger partial charge on any atom is 0.232 e. The number of pyridine rings is 1. The minimum absolute atomic E-state index is 0.145. The average molecular weight is 271 g/mol. The molecule has 0 aliphatic rings. The first kappa shape index (κ1) is 14.9. The van der Waals surface area contributed by atoms with Crippen molar-refractivity contribution in [2.24, 2.45) is 0 Å². The van der Waals surface area contributed by atoms with Crippen LogP contribution in [0.2, 0.25) is 0 Å². The van der Waals surface area contributed by atoms with Crippen molar-refractivity contribution in [3.8, 4) is 0 Å². The summed E-state index contributed by atoms with van der Waals surface area (Å²) < 4.78 is 26.0. The molecule has 0 saturated heterocycles. The van der Waals surface area contributed by atoms with E-state index in [1.807, 2.05) is 13.8 Å². The van der Waals surface area contributed by atoms with Crippen molar-refractivity contribution in [1.29, 1.82) is 0 Å². The van der Waals surface area contributed by atoms with Gasteiger partial charge >= 0.3 is 0 Å². The molecule has 2 N–H and O–H groups in total. The van der Waals surface area contributed by atoms with Gasteiger partial charge in [0.25, 0.3) is 0 Å². The molecule has 102 valence electrons. The fourth-order valence-corrected chi connectivity index (χ4v) is 2.64. The fraction of sp³-hybridized carbons (Fsp3) is 0.583. The number of rotatable bonds is 8. The van der Waals surface area contributed by atoms with Gasteiger partial charge in [-0.25, -0.2) is 8.42 Å². The van der Waals surface area contributed by atoms with Gasteiger partial charge in [0.2, 0.25) is 10.0 Å². The van der Waals surface area contributed by atoms with E-state index in [-0.39, 0.29) is 5.75 Å². The molecule has 0 aliphatic carbocycles. The van der Waals surface area contributed by atoms with Crippen LogP contribution in [0.3, 0.4) is 0 Å². The van der Waals surface area contributed by atoms with Gasteiger partial charge in [-0.3, -0.25) is 9.71 Å². The Labute approximate surface area is 109 Å². The molecule has 1 aromatic heterocycles. The highest BCUT2D eigenvalue weighted by Gasteiger charge is 2.09. The third-order valence-corrected chi connectivity index (χ3v) is 3.82. The normalized spacial score (nSPS) is 11.4. The van der Waals surface area contributed by atoms with Crippen LogP contribution in [0.15, 0.2) is 18.3 Å². The number of aromatic nitrogens is 1. The summed E-state index contributed by atoms with van der Waals surface area (Å²) in [7, 11) is -3.25. The van der Waals surface area contributed by atoms with Crippen molar-refractivity contribution >= 4 is 15.7 Å². The first-order chi connectivity index (χ1) is 8.53. The number of sulfonamides is 1. The number of nitrogens with one attached hydrogen (secondary N) is 2. The predicted molar refractivity (Wildman–Crippen MR) is 74.2 cm³/mol. The Hall–Kier alpha value is -1.14. The van der Waals surface area contributed by atoms with E-state index in [0.717, 1.165) is 25.2 Å². The van der Waals surface area contributed by atoms with E-state index in [0.29, 0.717) is 12.1 Å². The lowest BCUT2D eigenvalue weighted by Crippen LogP contribution is -2.19. The molecule has 5 nitrogen and oxygen atoms in total. The predicted octanol–water partition coefficient (Wildman–Crippen LogP) is 1.52. The number of unbranched alkanes of at least 4 members (excludes halogenated alkanes) is 1. The topological polar surface area (TPSA) is 71.1 Å². The standard InChI is InChI=1S/C12H21N3O2S/c1-3-13-8-4-5-9-18(16,17)15-12-7-6-11(2)14-10-12/h6-7,10,13,15H,3-5,8-9H2,1-2H3. The average Bonchev–Trinajstić information content (AvgIpc) is 2.31. The lowest BCUT2D eigenvalue weighted by Gasteiger charge is -2.07. The number of hydrogen-bond acceptors (Lipinski definition) is 4. The Morgan fingerprint density at radius 3 is 2.67 bits per heavy atom. The maximum atomic E-state index is 11.8. The third-order valence-electron chi connectivity index (χ3n) is 2.45. The monoisotopic (exact) mass is 271 g/mol.